The van der Waals surface area contributed by atoms with E-state index in [2.05, 4.69) is 10.6 Å². The summed E-state index contributed by atoms with van der Waals surface area (Å²) in [5.41, 5.74) is 7.12. The molecule has 2 rings (SSSR count). The highest BCUT2D eigenvalue weighted by atomic mass is 35.5. The van der Waals surface area contributed by atoms with Crippen molar-refractivity contribution in [1.29, 1.82) is 0 Å². The van der Waals surface area contributed by atoms with Gasteiger partial charge in [0, 0.05) is 31.1 Å². The predicted molar refractivity (Wildman–Crippen MR) is 84.3 cm³/mol. The van der Waals surface area contributed by atoms with Gasteiger partial charge in [-0.05, 0) is 37.0 Å². The van der Waals surface area contributed by atoms with E-state index in [1.807, 2.05) is 12.1 Å². The quantitative estimate of drug-likeness (QED) is 0.665. The topological polar surface area (TPSA) is 84.2 Å². The molecule has 4 N–H and O–H groups in total. The molecule has 0 bridgehead atoms. The van der Waals surface area contributed by atoms with E-state index < -0.39 is 0 Å². The van der Waals surface area contributed by atoms with Gasteiger partial charge in [0.25, 0.3) is 5.91 Å². The van der Waals surface area contributed by atoms with Gasteiger partial charge in [0.1, 0.15) is 0 Å². The fourth-order valence-electron chi connectivity index (χ4n) is 1.87. The maximum atomic E-state index is 11.8. The Kier molecular flexibility index (Phi) is 7.19. The number of carbonyl (C=O) groups is 2. The predicted octanol–water partition coefficient (Wildman–Crippen LogP) is 1.36. The molecule has 116 valence electrons. The summed E-state index contributed by atoms with van der Waals surface area (Å²) in [5, 5.41) is 5.73. The minimum Gasteiger partial charge on any atom is -0.353 e. The summed E-state index contributed by atoms with van der Waals surface area (Å²) in [6, 6.07) is 7.61. The van der Waals surface area contributed by atoms with Crippen LogP contribution in [0, 0.1) is 0 Å². The molecular weight excluding hydrogens is 290 g/mol. The summed E-state index contributed by atoms with van der Waals surface area (Å²) in [7, 11) is 0. The van der Waals surface area contributed by atoms with Gasteiger partial charge in [-0.1, -0.05) is 12.1 Å². The maximum absolute atomic E-state index is 11.8. The van der Waals surface area contributed by atoms with Crippen molar-refractivity contribution in [3.63, 3.8) is 0 Å². The largest absolute Gasteiger partial charge is 0.353 e. The van der Waals surface area contributed by atoms with Crippen LogP contribution >= 0.6 is 12.4 Å². The zero-order valence-corrected chi connectivity index (χ0v) is 12.7. The van der Waals surface area contributed by atoms with Crippen LogP contribution in [-0.4, -0.2) is 24.4 Å². The second-order valence-corrected chi connectivity index (χ2v) is 5.10. The first-order valence-electron chi connectivity index (χ1n) is 7.05. The summed E-state index contributed by atoms with van der Waals surface area (Å²) in [4.78, 5) is 23.3. The lowest BCUT2D eigenvalue weighted by Gasteiger charge is -2.06. The Bertz CT molecular complexity index is 472. The van der Waals surface area contributed by atoms with Gasteiger partial charge in [0.05, 0.1) is 0 Å². The molecule has 0 aliphatic heterocycles. The van der Waals surface area contributed by atoms with Gasteiger partial charge >= 0.3 is 0 Å². The van der Waals surface area contributed by atoms with Crippen LogP contribution in [0.4, 0.5) is 0 Å². The lowest BCUT2D eigenvalue weighted by atomic mass is 10.1. The first-order chi connectivity index (χ1) is 9.69. The maximum Gasteiger partial charge on any atom is 0.251 e. The molecule has 0 aromatic heterocycles. The Morgan fingerprint density at radius 3 is 2.43 bits per heavy atom. The van der Waals surface area contributed by atoms with Crippen molar-refractivity contribution < 1.29 is 9.59 Å². The lowest BCUT2D eigenvalue weighted by Crippen LogP contribution is -2.28. The number of nitrogens with one attached hydrogen (secondary N) is 2. The van der Waals surface area contributed by atoms with E-state index in [-0.39, 0.29) is 24.2 Å². The number of amides is 2. The molecule has 0 radical (unpaired) electrons. The van der Waals surface area contributed by atoms with Gasteiger partial charge in [0.2, 0.25) is 5.91 Å². The smallest absolute Gasteiger partial charge is 0.251 e. The van der Waals surface area contributed by atoms with Gasteiger partial charge in [-0.15, -0.1) is 12.4 Å². The number of hydrogen-bond acceptors (Lipinski definition) is 3. The van der Waals surface area contributed by atoms with Crippen molar-refractivity contribution in [2.45, 2.75) is 38.3 Å². The third-order valence-electron chi connectivity index (χ3n) is 3.26. The van der Waals surface area contributed by atoms with Crippen LogP contribution in [0.3, 0.4) is 0 Å². The number of hydrogen-bond donors (Lipinski definition) is 3. The van der Waals surface area contributed by atoms with Gasteiger partial charge in [-0.25, -0.2) is 0 Å². The van der Waals surface area contributed by atoms with Gasteiger partial charge in [-0.3, -0.25) is 9.59 Å². The molecule has 1 aromatic rings. The van der Waals surface area contributed by atoms with Crippen LogP contribution in [-0.2, 0) is 11.3 Å². The number of benzene rings is 1. The van der Waals surface area contributed by atoms with Gasteiger partial charge < -0.3 is 16.4 Å². The van der Waals surface area contributed by atoms with E-state index in [9.17, 15) is 9.59 Å². The van der Waals surface area contributed by atoms with Crippen LogP contribution in [0.1, 0.15) is 41.6 Å². The summed E-state index contributed by atoms with van der Waals surface area (Å²) in [6.07, 6.45) is 3.32. The van der Waals surface area contributed by atoms with Crippen LogP contribution < -0.4 is 16.4 Å². The molecule has 21 heavy (non-hydrogen) atoms. The van der Waals surface area contributed by atoms with Gasteiger partial charge in [0.15, 0.2) is 0 Å². The van der Waals surface area contributed by atoms with E-state index >= 15 is 0 Å². The van der Waals surface area contributed by atoms with E-state index in [4.69, 9.17) is 5.73 Å². The van der Waals surface area contributed by atoms with Crippen molar-refractivity contribution in [3.05, 3.63) is 35.4 Å². The minimum absolute atomic E-state index is 0. The molecule has 2 amide bonds. The Balaban J connectivity index is 0.00000220. The average molecular weight is 312 g/mol. The molecule has 1 fully saturated rings. The average Bonchev–Trinajstić information content (AvgIpc) is 3.27. The van der Waals surface area contributed by atoms with E-state index in [1.54, 1.807) is 12.1 Å². The molecule has 1 aliphatic rings. The molecule has 1 aliphatic carbocycles. The third kappa shape index (κ3) is 6.14. The molecule has 1 saturated carbocycles. The normalized spacial score (nSPS) is 13.2. The second-order valence-electron chi connectivity index (χ2n) is 5.10. The highest BCUT2D eigenvalue weighted by molar-refractivity contribution is 5.94. The number of carbonyl (C=O) groups excluding carboxylic acids is 2. The second kappa shape index (κ2) is 8.64. The summed E-state index contributed by atoms with van der Waals surface area (Å²) in [6.45, 7) is 0.980. The van der Waals surface area contributed by atoms with E-state index in [0.717, 1.165) is 18.4 Å². The molecule has 0 spiro atoms. The summed E-state index contributed by atoms with van der Waals surface area (Å²) in [5.74, 6) is -0.0368. The Labute approximate surface area is 131 Å². The Hall–Kier alpha value is -1.59. The lowest BCUT2D eigenvalue weighted by molar-refractivity contribution is -0.121. The molecule has 5 nitrogen and oxygen atoms in total. The first kappa shape index (κ1) is 17.5. The number of rotatable bonds is 7. The fraction of sp³-hybridized carbons (Fsp3) is 0.467. The first-order valence-corrected chi connectivity index (χ1v) is 7.05. The molecule has 0 unspecified atom stereocenters. The minimum atomic E-state index is -0.115. The molecule has 0 atom stereocenters. The molecule has 0 heterocycles. The van der Waals surface area contributed by atoms with Crippen LogP contribution in [0.5, 0.6) is 0 Å². The zero-order valence-electron chi connectivity index (χ0n) is 11.9. The Morgan fingerprint density at radius 1 is 1.19 bits per heavy atom. The van der Waals surface area contributed by atoms with E-state index in [0.29, 0.717) is 37.5 Å². The number of halogens is 1. The fourth-order valence-corrected chi connectivity index (χ4v) is 1.87. The van der Waals surface area contributed by atoms with Gasteiger partial charge in [-0.2, -0.15) is 0 Å². The molecular formula is C15H22ClN3O2. The molecule has 0 saturated heterocycles. The molecule has 6 heteroatoms. The monoisotopic (exact) mass is 311 g/mol. The van der Waals surface area contributed by atoms with E-state index in [1.165, 1.54) is 0 Å². The van der Waals surface area contributed by atoms with Crippen molar-refractivity contribution in [3.8, 4) is 0 Å². The molecule has 1 aromatic carbocycles. The third-order valence-corrected chi connectivity index (χ3v) is 3.26. The highest BCUT2D eigenvalue weighted by Crippen LogP contribution is 2.18. The summed E-state index contributed by atoms with van der Waals surface area (Å²) < 4.78 is 0. The standard InChI is InChI=1S/C15H21N3O2.ClH/c16-10-11-3-5-12(6-4-11)15(20)17-9-1-2-14(19)18-13-7-8-13;/h3-6,13H,1-2,7-10,16H2,(H,17,20)(H,18,19);1H. The van der Waals surface area contributed by atoms with Crippen LogP contribution in [0.15, 0.2) is 24.3 Å². The Morgan fingerprint density at radius 2 is 1.86 bits per heavy atom. The van der Waals surface area contributed by atoms with Crippen LogP contribution in [0.2, 0.25) is 0 Å². The van der Waals surface area contributed by atoms with Crippen LogP contribution in [0.25, 0.3) is 0 Å². The highest BCUT2D eigenvalue weighted by Gasteiger charge is 2.22. The SMILES string of the molecule is Cl.NCc1ccc(C(=O)NCCCC(=O)NC2CC2)cc1. The van der Waals surface area contributed by atoms with Crippen molar-refractivity contribution in [2.75, 3.05) is 6.54 Å². The van der Waals surface area contributed by atoms with Crippen molar-refractivity contribution >= 4 is 24.2 Å². The van der Waals surface area contributed by atoms with Crippen molar-refractivity contribution in [2.24, 2.45) is 5.73 Å². The number of nitrogens with two attached hydrogens (primary N) is 1. The summed E-state index contributed by atoms with van der Waals surface area (Å²) >= 11 is 0. The van der Waals surface area contributed by atoms with Crippen molar-refractivity contribution in [1.82, 2.24) is 10.6 Å². The zero-order chi connectivity index (χ0) is 14.4.